The zero-order valence-electron chi connectivity index (χ0n) is 4.30. The lowest BCUT2D eigenvalue weighted by atomic mass is 10.8. The molecule has 0 aromatic heterocycles. The van der Waals surface area contributed by atoms with Crippen LogP contribution in [0.15, 0.2) is 12.7 Å². The first kappa shape index (κ1) is 11.4. The first-order valence-electron chi connectivity index (χ1n) is 1.74. The number of alkyl halides is 4. The van der Waals surface area contributed by atoms with E-state index in [1.165, 1.54) is 0 Å². The van der Waals surface area contributed by atoms with Gasteiger partial charge in [0.1, 0.15) is 0 Å². The Bertz CT molecular complexity index is 50.8. The molecular weight excluding hydrogens is 173 g/mol. The summed E-state index contributed by atoms with van der Waals surface area (Å²) in [5.41, 5.74) is 0. The second-order valence-electron chi connectivity index (χ2n) is 0.837. The molecule has 0 aromatic rings. The van der Waals surface area contributed by atoms with Gasteiger partial charge in [0.25, 0.3) is 0 Å². The molecule has 0 aliphatic heterocycles. The molecule has 0 aromatic carbocycles. The van der Waals surface area contributed by atoms with E-state index in [4.69, 9.17) is 0 Å². The van der Waals surface area contributed by atoms with Gasteiger partial charge < -0.3 is 0 Å². The average molecular weight is 179 g/mol. The van der Waals surface area contributed by atoms with Crippen molar-refractivity contribution in [2.45, 2.75) is 11.0 Å². The molecule has 0 nitrogen and oxygen atoms in total. The van der Waals surface area contributed by atoms with Crippen molar-refractivity contribution in [1.29, 1.82) is 0 Å². The summed E-state index contributed by atoms with van der Waals surface area (Å²) >= 11 is 13.2. The summed E-state index contributed by atoms with van der Waals surface area (Å²) in [6, 6.07) is 0. The highest BCUT2D eigenvalue weighted by Gasteiger charge is 2.14. The normalized spacial score (nSPS) is 9.12. The van der Waals surface area contributed by atoms with E-state index in [2.05, 4.69) is 41.4 Å². The molecule has 0 saturated carbocycles. The van der Waals surface area contributed by atoms with Crippen molar-refractivity contribution in [2.24, 2.45) is 0 Å². The van der Waals surface area contributed by atoms with E-state index in [9.17, 15) is 4.39 Å². The van der Waals surface area contributed by atoms with Crippen LogP contribution in [-0.4, -0.2) is 4.05 Å². The maximum atomic E-state index is 11.0. The van der Waals surface area contributed by atoms with Crippen molar-refractivity contribution in [3.05, 3.63) is 12.7 Å². The Morgan fingerprint density at radius 1 is 1.50 bits per heavy atom. The molecule has 0 atom stereocenters. The van der Waals surface area contributed by atoms with Gasteiger partial charge in [-0.2, -0.15) is 4.39 Å². The van der Waals surface area contributed by atoms with Crippen molar-refractivity contribution in [2.75, 3.05) is 0 Å². The molecule has 0 rings (SSSR count). The lowest BCUT2D eigenvalue weighted by molar-refractivity contribution is 0.507. The van der Waals surface area contributed by atoms with Gasteiger partial charge in [0, 0.05) is 0 Å². The molecule has 0 amide bonds. The van der Waals surface area contributed by atoms with Crippen molar-refractivity contribution < 1.29 is 4.39 Å². The van der Waals surface area contributed by atoms with Crippen molar-refractivity contribution in [3.63, 3.8) is 0 Å². The molecule has 0 saturated heterocycles. The number of hydrogen-bond donors (Lipinski definition) is 0. The van der Waals surface area contributed by atoms with Crippen LogP contribution in [0.25, 0.3) is 0 Å². The SMILES string of the molecule is C=CC.FC(Cl)(Cl)Cl. The maximum Gasteiger partial charge on any atom is 0.333 e. The first-order valence-corrected chi connectivity index (χ1v) is 2.88. The van der Waals surface area contributed by atoms with Crippen LogP contribution >= 0.6 is 34.8 Å². The molecule has 0 aliphatic carbocycles. The standard InChI is InChI=1S/C3H6.CCl3F/c1-3-2;2-1(3,4)5/h3H,1H2,2H3;. The zero-order valence-corrected chi connectivity index (χ0v) is 6.56. The molecule has 0 spiro atoms. The Labute approximate surface area is 63.2 Å². The molecular formula is C4H6Cl3F. The molecule has 0 bridgehead atoms. The van der Waals surface area contributed by atoms with Crippen LogP contribution in [0.3, 0.4) is 0 Å². The predicted molar refractivity (Wildman–Crippen MR) is 37.3 cm³/mol. The van der Waals surface area contributed by atoms with Crippen LogP contribution in [0, 0.1) is 0 Å². The van der Waals surface area contributed by atoms with Gasteiger partial charge in [-0.15, -0.1) is 6.58 Å². The number of allylic oxidation sites excluding steroid dienone is 1. The largest absolute Gasteiger partial charge is 0.333 e. The van der Waals surface area contributed by atoms with Crippen molar-refractivity contribution in [3.8, 4) is 0 Å². The summed E-state index contributed by atoms with van der Waals surface area (Å²) in [6.45, 7) is 5.25. The second kappa shape index (κ2) is 5.67. The zero-order chi connectivity index (χ0) is 7.21. The van der Waals surface area contributed by atoms with Gasteiger partial charge in [0.15, 0.2) is 0 Å². The predicted octanol–water partition coefficient (Wildman–Crippen LogP) is 3.48. The summed E-state index contributed by atoms with van der Waals surface area (Å²) in [5.74, 6) is 0. The fraction of sp³-hybridized carbons (Fsp3) is 0.500. The number of hydrogen-bond acceptors (Lipinski definition) is 0. The molecule has 0 N–H and O–H groups in total. The summed E-state index contributed by atoms with van der Waals surface area (Å²) in [5, 5.41) is 0. The summed E-state index contributed by atoms with van der Waals surface area (Å²) < 4.78 is 8.40. The summed E-state index contributed by atoms with van der Waals surface area (Å²) in [6.07, 6.45) is 1.75. The van der Waals surface area contributed by atoms with E-state index < -0.39 is 4.05 Å². The minimum Gasteiger partial charge on any atom is -0.189 e. The molecule has 0 heterocycles. The highest BCUT2D eigenvalue weighted by atomic mass is 35.6. The monoisotopic (exact) mass is 178 g/mol. The molecule has 50 valence electrons. The molecule has 8 heavy (non-hydrogen) atoms. The summed E-state index contributed by atoms with van der Waals surface area (Å²) in [4.78, 5) is 0. The topological polar surface area (TPSA) is 0 Å². The molecule has 0 aliphatic rings. The Kier molecular flexibility index (Phi) is 8.05. The maximum absolute atomic E-state index is 11.0. The van der Waals surface area contributed by atoms with Crippen LogP contribution in [0.2, 0.25) is 0 Å². The van der Waals surface area contributed by atoms with Crippen molar-refractivity contribution >= 4 is 34.8 Å². The van der Waals surface area contributed by atoms with E-state index in [0.29, 0.717) is 0 Å². The molecule has 0 unspecified atom stereocenters. The van der Waals surface area contributed by atoms with Crippen molar-refractivity contribution in [1.82, 2.24) is 0 Å². The van der Waals surface area contributed by atoms with E-state index in [-0.39, 0.29) is 0 Å². The van der Waals surface area contributed by atoms with Crippen LogP contribution in [0.5, 0.6) is 0 Å². The third kappa shape index (κ3) is 688. The highest BCUT2D eigenvalue weighted by Crippen LogP contribution is 2.26. The average Bonchev–Trinajstić information content (AvgIpc) is 1.27. The summed E-state index contributed by atoms with van der Waals surface area (Å²) in [7, 11) is 0. The smallest absolute Gasteiger partial charge is 0.189 e. The van der Waals surface area contributed by atoms with Gasteiger partial charge in [-0.1, -0.05) is 6.08 Å². The van der Waals surface area contributed by atoms with E-state index in [0.717, 1.165) is 0 Å². The van der Waals surface area contributed by atoms with Gasteiger partial charge in [-0.25, -0.2) is 0 Å². The lowest BCUT2D eigenvalue weighted by Gasteiger charge is -1.89. The quantitative estimate of drug-likeness (QED) is 0.394. The number of rotatable bonds is 0. The fourth-order valence-electron chi connectivity index (χ4n) is 0. The van der Waals surface area contributed by atoms with Gasteiger partial charge in [-0.05, 0) is 41.7 Å². The van der Waals surface area contributed by atoms with Gasteiger partial charge in [0.05, 0.1) is 0 Å². The minimum atomic E-state index is -2.58. The third-order valence-corrected chi connectivity index (χ3v) is 0. The van der Waals surface area contributed by atoms with E-state index in [1.54, 1.807) is 6.08 Å². The highest BCUT2D eigenvalue weighted by molar-refractivity contribution is 6.66. The fourth-order valence-corrected chi connectivity index (χ4v) is 0. The second-order valence-corrected chi connectivity index (χ2v) is 2.98. The van der Waals surface area contributed by atoms with E-state index >= 15 is 0 Å². The number of halogens is 4. The Hall–Kier alpha value is 0.540. The molecule has 0 radical (unpaired) electrons. The molecule has 4 heteroatoms. The van der Waals surface area contributed by atoms with Crippen LogP contribution in [0.1, 0.15) is 6.92 Å². The van der Waals surface area contributed by atoms with Crippen LogP contribution in [0.4, 0.5) is 4.39 Å². The van der Waals surface area contributed by atoms with Crippen LogP contribution in [-0.2, 0) is 0 Å². The van der Waals surface area contributed by atoms with E-state index in [1.807, 2.05) is 6.92 Å². The third-order valence-electron chi connectivity index (χ3n) is 0. The van der Waals surface area contributed by atoms with Gasteiger partial charge in [-0.3, -0.25) is 0 Å². The Morgan fingerprint density at radius 3 is 1.50 bits per heavy atom. The van der Waals surface area contributed by atoms with Gasteiger partial charge >= 0.3 is 4.05 Å². The Balaban J connectivity index is 0. The minimum absolute atomic E-state index is 1.75. The molecule has 0 fully saturated rings. The van der Waals surface area contributed by atoms with Gasteiger partial charge in [0.2, 0.25) is 0 Å². The van der Waals surface area contributed by atoms with Crippen LogP contribution < -0.4 is 0 Å². The lowest BCUT2D eigenvalue weighted by Crippen LogP contribution is -1.83. The first-order chi connectivity index (χ1) is 3.41. The Morgan fingerprint density at radius 2 is 1.50 bits per heavy atom.